The maximum atomic E-state index is 12.8. The van der Waals surface area contributed by atoms with Crippen LogP contribution in [0.2, 0.25) is 15.1 Å². The number of anilines is 1. The summed E-state index contributed by atoms with van der Waals surface area (Å²) in [6.45, 7) is 2.03. The number of amides is 1. The zero-order valence-electron chi connectivity index (χ0n) is 12.8. The summed E-state index contributed by atoms with van der Waals surface area (Å²) in [6.07, 6.45) is 3.23. The van der Waals surface area contributed by atoms with Crippen LogP contribution >= 0.6 is 34.8 Å². The Bertz CT molecular complexity index is 921. The maximum absolute atomic E-state index is 12.8. The van der Waals surface area contributed by atoms with Crippen LogP contribution in [0.15, 0.2) is 36.5 Å². The van der Waals surface area contributed by atoms with Crippen LogP contribution in [0, 0.1) is 0 Å². The third kappa shape index (κ3) is 3.36. The Labute approximate surface area is 154 Å². The van der Waals surface area contributed by atoms with Crippen LogP contribution in [0.25, 0.3) is 5.65 Å². The van der Waals surface area contributed by atoms with E-state index in [1.807, 2.05) is 6.92 Å². The summed E-state index contributed by atoms with van der Waals surface area (Å²) >= 11 is 18.2. The number of benzene rings is 1. The van der Waals surface area contributed by atoms with E-state index in [4.69, 9.17) is 34.8 Å². The third-order valence-electron chi connectivity index (χ3n) is 3.53. The first-order chi connectivity index (χ1) is 11.5. The number of nitrogens with one attached hydrogen (secondary N) is 1. The van der Waals surface area contributed by atoms with Crippen molar-refractivity contribution in [3.63, 3.8) is 0 Å². The molecule has 1 amide bonds. The van der Waals surface area contributed by atoms with Gasteiger partial charge in [0.15, 0.2) is 0 Å². The van der Waals surface area contributed by atoms with Crippen LogP contribution in [0.4, 0.5) is 5.69 Å². The van der Waals surface area contributed by atoms with E-state index in [1.165, 1.54) is 0 Å². The number of fused-ring (bicyclic) bond motifs is 1. The molecule has 1 N–H and O–H groups in total. The molecular weight excluding hydrogens is 369 g/mol. The number of hydrogen-bond donors (Lipinski definition) is 1. The molecule has 7 heteroatoms. The maximum Gasteiger partial charge on any atom is 0.274 e. The van der Waals surface area contributed by atoms with E-state index < -0.39 is 0 Å². The molecule has 0 radical (unpaired) electrons. The average Bonchev–Trinajstić information content (AvgIpc) is 2.88. The van der Waals surface area contributed by atoms with Crippen LogP contribution < -0.4 is 5.32 Å². The van der Waals surface area contributed by atoms with Crippen molar-refractivity contribution in [1.82, 2.24) is 9.38 Å². The van der Waals surface area contributed by atoms with Crippen molar-refractivity contribution in [2.75, 3.05) is 5.32 Å². The van der Waals surface area contributed by atoms with Gasteiger partial charge in [0.2, 0.25) is 0 Å². The van der Waals surface area contributed by atoms with Gasteiger partial charge in [-0.05, 0) is 36.8 Å². The number of imidazole rings is 1. The molecular formula is C17H14Cl3N3O. The SMILES string of the molecule is CCCc1nc2ccc(Cl)cn2c1C(=O)Nc1cc(Cl)ccc1Cl. The number of hydrogen-bond acceptors (Lipinski definition) is 2. The van der Waals surface area contributed by atoms with Gasteiger partial charge in [-0.3, -0.25) is 9.20 Å². The molecule has 0 saturated carbocycles. The van der Waals surface area contributed by atoms with Crippen LogP contribution in [0.3, 0.4) is 0 Å². The molecule has 0 aliphatic rings. The van der Waals surface area contributed by atoms with Gasteiger partial charge in [-0.15, -0.1) is 0 Å². The summed E-state index contributed by atoms with van der Waals surface area (Å²) in [7, 11) is 0. The Morgan fingerprint density at radius 1 is 1.17 bits per heavy atom. The van der Waals surface area contributed by atoms with Gasteiger partial charge >= 0.3 is 0 Å². The van der Waals surface area contributed by atoms with E-state index in [1.54, 1.807) is 40.9 Å². The quantitative estimate of drug-likeness (QED) is 0.647. The standard InChI is InChI=1S/C17H14Cl3N3O/c1-2-3-13-16(23-9-11(19)5-7-15(23)21-13)17(24)22-14-8-10(18)4-6-12(14)20/h4-9H,2-3H2,1H3,(H,22,24). The molecule has 0 saturated heterocycles. The van der Waals surface area contributed by atoms with Crippen molar-refractivity contribution >= 4 is 52.0 Å². The van der Waals surface area contributed by atoms with Gasteiger partial charge in [-0.2, -0.15) is 0 Å². The van der Waals surface area contributed by atoms with E-state index in [2.05, 4.69) is 10.3 Å². The van der Waals surface area contributed by atoms with Gasteiger partial charge in [0.05, 0.1) is 21.4 Å². The fourth-order valence-corrected chi connectivity index (χ4v) is 2.99. The van der Waals surface area contributed by atoms with Crippen molar-refractivity contribution in [3.8, 4) is 0 Å². The monoisotopic (exact) mass is 381 g/mol. The summed E-state index contributed by atoms with van der Waals surface area (Å²) < 4.78 is 1.70. The summed E-state index contributed by atoms with van der Waals surface area (Å²) in [6, 6.07) is 8.44. The minimum absolute atomic E-state index is 0.308. The second kappa shape index (κ2) is 7.01. The molecule has 0 aliphatic heterocycles. The Morgan fingerprint density at radius 3 is 2.67 bits per heavy atom. The predicted molar refractivity (Wildman–Crippen MR) is 98.6 cm³/mol. The van der Waals surface area contributed by atoms with Gasteiger partial charge in [0.1, 0.15) is 11.3 Å². The minimum Gasteiger partial charge on any atom is -0.319 e. The third-order valence-corrected chi connectivity index (χ3v) is 4.32. The largest absolute Gasteiger partial charge is 0.319 e. The molecule has 3 rings (SSSR count). The van der Waals surface area contributed by atoms with Crippen molar-refractivity contribution in [2.24, 2.45) is 0 Å². The van der Waals surface area contributed by atoms with Gasteiger partial charge in [0.25, 0.3) is 5.91 Å². The number of nitrogens with zero attached hydrogens (tertiary/aromatic N) is 2. The van der Waals surface area contributed by atoms with E-state index in [0.717, 1.165) is 12.1 Å². The van der Waals surface area contributed by atoms with Crippen LogP contribution in [-0.2, 0) is 6.42 Å². The topological polar surface area (TPSA) is 46.4 Å². The van der Waals surface area contributed by atoms with Crippen molar-refractivity contribution in [3.05, 3.63) is 63.0 Å². The first-order valence-electron chi connectivity index (χ1n) is 7.42. The van der Waals surface area contributed by atoms with E-state index in [0.29, 0.717) is 38.5 Å². The second-order valence-electron chi connectivity index (χ2n) is 5.31. The Kier molecular flexibility index (Phi) is 4.99. The second-order valence-corrected chi connectivity index (χ2v) is 6.59. The number of rotatable bonds is 4. The first-order valence-corrected chi connectivity index (χ1v) is 8.56. The summed E-state index contributed by atoms with van der Waals surface area (Å²) in [5, 5.41) is 4.23. The Hall–Kier alpha value is -1.75. The van der Waals surface area contributed by atoms with Crippen molar-refractivity contribution < 1.29 is 4.79 Å². The lowest BCUT2D eigenvalue weighted by Crippen LogP contribution is -2.16. The van der Waals surface area contributed by atoms with E-state index in [9.17, 15) is 4.79 Å². The van der Waals surface area contributed by atoms with Gasteiger partial charge < -0.3 is 5.32 Å². The lowest BCUT2D eigenvalue weighted by atomic mass is 10.2. The molecule has 0 aliphatic carbocycles. The molecule has 24 heavy (non-hydrogen) atoms. The molecule has 4 nitrogen and oxygen atoms in total. The van der Waals surface area contributed by atoms with E-state index in [-0.39, 0.29) is 5.91 Å². The van der Waals surface area contributed by atoms with Crippen LogP contribution in [-0.4, -0.2) is 15.3 Å². The summed E-state index contributed by atoms with van der Waals surface area (Å²) in [4.78, 5) is 17.4. The number of aromatic nitrogens is 2. The Balaban J connectivity index is 2.06. The van der Waals surface area contributed by atoms with Crippen molar-refractivity contribution in [1.29, 1.82) is 0 Å². The number of halogens is 3. The normalized spacial score (nSPS) is 11.0. The Morgan fingerprint density at radius 2 is 1.92 bits per heavy atom. The fraction of sp³-hybridized carbons (Fsp3) is 0.176. The molecule has 0 spiro atoms. The van der Waals surface area contributed by atoms with Crippen LogP contribution in [0.5, 0.6) is 0 Å². The van der Waals surface area contributed by atoms with E-state index >= 15 is 0 Å². The summed E-state index contributed by atoms with van der Waals surface area (Å²) in [5.74, 6) is -0.308. The van der Waals surface area contributed by atoms with Gasteiger partial charge in [0, 0.05) is 11.2 Å². The van der Waals surface area contributed by atoms with Gasteiger partial charge in [-0.1, -0.05) is 48.1 Å². The number of aryl methyl sites for hydroxylation is 1. The zero-order chi connectivity index (χ0) is 17.3. The number of carbonyl (C=O) groups is 1. The number of pyridine rings is 1. The highest BCUT2D eigenvalue weighted by Gasteiger charge is 2.20. The minimum atomic E-state index is -0.308. The van der Waals surface area contributed by atoms with Gasteiger partial charge in [-0.25, -0.2) is 4.98 Å². The first kappa shape index (κ1) is 17.1. The zero-order valence-corrected chi connectivity index (χ0v) is 15.1. The molecule has 0 unspecified atom stereocenters. The average molecular weight is 383 g/mol. The van der Waals surface area contributed by atoms with Crippen molar-refractivity contribution in [2.45, 2.75) is 19.8 Å². The lowest BCUT2D eigenvalue weighted by molar-refractivity contribution is 0.102. The molecule has 0 fully saturated rings. The lowest BCUT2D eigenvalue weighted by Gasteiger charge is -2.09. The molecule has 3 aromatic rings. The highest BCUT2D eigenvalue weighted by Crippen LogP contribution is 2.27. The van der Waals surface area contributed by atoms with Crippen LogP contribution in [0.1, 0.15) is 29.5 Å². The molecule has 2 aromatic heterocycles. The number of carbonyl (C=O) groups excluding carboxylic acids is 1. The summed E-state index contributed by atoms with van der Waals surface area (Å²) in [5.41, 5.74) is 2.29. The molecule has 0 atom stereocenters. The smallest absolute Gasteiger partial charge is 0.274 e. The highest BCUT2D eigenvalue weighted by molar-refractivity contribution is 6.36. The predicted octanol–water partition coefficient (Wildman–Crippen LogP) is 5.50. The fourth-order valence-electron chi connectivity index (χ4n) is 2.49. The highest BCUT2D eigenvalue weighted by atomic mass is 35.5. The molecule has 124 valence electrons. The molecule has 2 heterocycles. The molecule has 0 bridgehead atoms. The molecule has 1 aromatic carbocycles.